The van der Waals surface area contributed by atoms with Crippen LogP contribution in [0.1, 0.15) is 11.3 Å². The molecule has 0 spiro atoms. The molecule has 1 aromatic heterocycles. The third-order valence-electron chi connectivity index (χ3n) is 3.33. The molecule has 3 aromatic rings. The van der Waals surface area contributed by atoms with Crippen molar-refractivity contribution in [2.45, 2.75) is 6.92 Å². The van der Waals surface area contributed by atoms with Crippen LogP contribution in [0.5, 0.6) is 0 Å². The highest BCUT2D eigenvalue weighted by atomic mass is 35.5. The van der Waals surface area contributed by atoms with Crippen molar-refractivity contribution >= 4 is 35.1 Å². The van der Waals surface area contributed by atoms with Crippen LogP contribution < -0.4 is 0 Å². The average Bonchev–Trinajstić information content (AvgIpc) is 2.88. The average molecular weight is 329 g/mol. The standard InChI is InChI=1S/C18H14Cl2N2/c1-13-9-14(12-22(13)16-5-3-2-4-6-16)11-21-18-8-7-15(19)10-17(18)20/h2-12H,1H3. The van der Waals surface area contributed by atoms with Crippen molar-refractivity contribution in [3.05, 3.63) is 82.1 Å². The van der Waals surface area contributed by atoms with E-state index in [2.05, 4.69) is 40.9 Å². The summed E-state index contributed by atoms with van der Waals surface area (Å²) in [5, 5.41) is 1.15. The maximum absolute atomic E-state index is 6.12. The van der Waals surface area contributed by atoms with Gasteiger partial charge in [0, 0.05) is 34.4 Å². The fraction of sp³-hybridized carbons (Fsp3) is 0.0556. The van der Waals surface area contributed by atoms with Gasteiger partial charge < -0.3 is 4.57 Å². The lowest BCUT2D eigenvalue weighted by Crippen LogP contribution is -1.93. The SMILES string of the molecule is Cc1cc(C=Nc2ccc(Cl)cc2Cl)cn1-c1ccccc1. The molecule has 0 atom stereocenters. The molecule has 0 bridgehead atoms. The number of aliphatic imine (C=N–C) groups is 1. The van der Waals surface area contributed by atoms with Gasteiger partial charge in [-0.15, -0.1) is 0 Å². The summed E-state index contributed by atoms with van der Waals surface area (Å²) < 4.78 is 2.13. The lowest BCUT2D eigenvalue weighted by atomic mass is 10.3. The predicted octanol–water partition coefficient (Wildman–Crippen LogP) is 5.84. The van der Waals surface area contributed by atoms with E-state index in [4.69, 9.17) is 23.2 Å². The molecular weight excluding hydrogens is 315 g/mol. The van der Waals surface area contributed by atoms with E-state index >= 15 is 0 Å². The van der Waals surface area contributed by atoms with Crippen LogP contribution >= 0.6 is 23.2 Å². The molecule has 0 aliphatic heterocycles. The molecule has 22 heavy (non-hydrogen) atoms. The minimum atomic E-state index is 0.544. The molecule has 0 amide bonds. The van der Waals surface area contributed by atoms with Gasteiger partial charge in [-0.05, 0) is 43.3 Å². The number of aryl methyl sites for hydroxylation is 1. The fourth-order valence-electron chi connectivity index (χ4n) is 2.27. The van der Waals surface area contributed by atoms with Gasteiger partial charge in [-0.3, -0.25) is 4.99 Å². The van der Waals surface area contributed by atoms with Crippen molar-refractivity contribution in [1.29, 1.82) is 0 Å². The molecule has 0 aliphatic carbocycles. The Morgan fingerprint density at radius 3 is 2.50 bits per heavy atom. The molecule has 110 valence electrons. The van der Waals surface area contributed by atoms with Crippen LogP contribution in [0.2, 0.25) is 10.0 Å². The first-order valence-electron chi connectivity index (χ1n) is 6.87. The maximum atomic E-state index is 6.12. The minimum absolute atomic E-state index is 0.544. The lowest BCUT2D eigenvalue weighted by molar-refractivity contribution is 1.02. The Kier molecular flexibility index (Phi) is 4.32. The van der Waals surface area contributed by atoms with Gasteiger partial charge >= 0.3 is 0 Å². The third-order valence-corrected chi connectivity index (χ3v) is 3.87. The van der Waals surface area contributed by atoms with E-state index in [1.165, 1.54) is 0 Å². The van der Waals surface area contributed by atoms with Gasteiger partial charge in [0.2, 0.25) is 0 Å². The molecule has 2 nitrogen and oxygen atoms in total. The van der Waals surface area contributed by atoms with Crippen LogP contribution in [-0.4, -0.2) is 10.8 Å². The number of halogens is 2. The smallest absolute Gasteiger partial charge is 0.0817 e. The second-order valence-electron chi connectivity index (χ2n) is 4.97. The van der Waals surface area contributed by atoms with Crippen molar-refractivity contribution < 1.29 is 0 Å². The summed E-state index contributed by atoms with van der Waals surface area (Å²) in [6, 6.07) is 17.6. The Morgan fingerprint density at radius 2 is 1.77 bits per heavy atom. The first-order valence-corrected chi connectivity index (χ1v) is 7.62. The van der Waals surface area contributed by atoms with Crippen LogP contribution in [0.4, 0.5) is 5.69 Å². The zero-order chi connectivity index (χ0) is 15.5. The normalized spacial score (nSPS) is 11.2. The van der Waals surface area contributed by atoms with Crippen LogP contribution in [0.3, 0.4) is 0 Å². The van der Waals surface area contributed by atoms with E-state index in [9.17, 15) is 0 Å². The largest absolute Gasteiger partial charge is 0.321 e. The topological polar surface area (TPSA) is 17.3 Å². The van der Waals surface area contributed by atoms with Crippen LogP contribution in [0.25, 0.3) is 5.69 Å². The Labute approximate surface area is 139 Å². The molecule has 0 radical (unpaired) electrons. The number of para-hydroxylation sites is 1. The fourth-order valence-corrected chi connectivity index (χ4v) is 2.72. The first kappa shape index (κ1) is 14.9. The van der Waals surface area contributed by atoms with E-state index < -0.39 is 0 Å². The molecular formula is C18H14Cl2N2. The summed E-state index contributed by atoms with van der Waals surface area (Å²) in [6.45, 7) is 2.07. The number of nitrogens with zero attached hydrogens (tertiary/aromatic N) is 2. The zero-order valence-corrected chi connectivity index (χ0v) is 13.5. The van der Waals surface area contributed by atoms with E-state index in [0.29, 0.717) is 15.7 Å². The minimum Gasteiger partial charge on any atom is -0.321 e. The maximum Gasteiger partial charge on any atom is 0.0817 e. The summed E-state index contributed by atoms with van der Waals surface area (Å²) in [6.07, 6.45) is 3.86. The summed E-state index contributed by atoms with van der Waals surface area (Å²) in [5.41, 5.74) is 4.00. The van der Waals surface area contributed by atoms with Gasteiger partial charge in [0.05, 0.1) is 10.7 Å². The van der Waals surface area contributed by atoms with Gasteiger partial charge in [-0.2, -0.15) is 0 Å². The molecule has 0 fully saturated rings. The molecule has 0 saturated carbocycles. The van der Waals surface area contributed by atoms with Crippen LogP contribution in [-0.2, 0) is 0 Å². The Morgan fingerprint density at radius 1 is 1.00 bits per heavy atom. The lowest BCUT2D eigenvalue weighted by Gasteiger charge is -2.04. The molecule has 0 N–H and O–H groups in total. The molecule has 0 saturated heterocycles. The van der Waals surface area contributed by atoms with Crippen LogP contribution in [0.15, 0.2) is 65.8 Å². The van der Waals surface area contributed by atoms with E-state index in [1.807, 2.05) is 30.5 Å². The summed E-state index contributed by atoms with van der Waals surface area (Å²) in [5.74, 6) is 0. The third kappa shape index (κ3) is 3.24. The monoisotopic (exact) mass is 328 g/mol. The molecule has 2 aromatic carbocycles. The molecule has 3 rings (SSSR count). The van der Waals surface area contributed by atoms with Crippen molar-refractivity contribution in [3.63, 3.8) is 0 Å². The molecule has 4 heteroatoms. The Balaban J connectivity index is 1.89. The number of benzene rings is 2. The highest BCUT2D eigenvalue weighted by Crippen LogP contribution is 2.27. The predicted molar refractivity (Wildman–Crippen MR) is 94.2 cm³/mol. The Bertz CT molecular complexity index is 820. The van der Waals surface area contributed by atoms with Gasteiger partial charge in [-0.25, -0.2) is 0 Å². The number of hydrogen-bond donors (Lipinski definition) is 0. The van der Waals surface area contributed by atoms with E-state index in [0.717, 1.165) is 16.9 Å². The van der Waals surface area contributed by atoms with E-state index in [-0.39, 0.29) is 0 Å². The Hall–Kier alpha value is -2.03. The van der Waals surface area contributed by atoms with Gasteiger partial charge in [0.15, 0.2) is 0 Å². The number of aromatic nitrogens is 1. The second-order valence-corrected chi connectivity index (χ2v) is 5.82. The second kappa shape index (κ2) is 6.39. The molecule has 0 aliphatic rings. The number of rotatable bonds is 3. The molecule has 1 heterocycles. The van der Waals surface area contributed by atoms with Crippen molar-refractivity contribution in [3.8, 4) is 5.69 Å². The van der Waals surface area contributed by atoms with Crippen molar-refractivity contribution in [1.82, 2.24) is 4.57 Å². The van der Waals surface area contributed by atoms with Gasteiger partial charge in [0.25, 0.3) is 0 Å². The molecule has 0 unspecified atom stereocenters. The summed E-state index contributed by atoms with van der Waals surface area (Å²) in [4.78, 5) is 4.44. The van der Waals surface area contributed by atoms with Crippen molar-refractivity contribution in [2.24, 2.45) is 4.99 Å². The summed E-state index contributed by atoms with van der Waals surface area (Å²) in [7, 11) is 0. The highest BCUT2D eigenvalue weighted by molar-refractivity contribution is 6.36. The first-order chi connectivity index (χ1) is 10.6. The zero-order valence-electron chi connectivity index (χ0n) is 12.0. The quantitative estimate of drug-likeness (QED) is 0.537. The highest BCUT2D eigenvalue weighted by Gasteiger charge is 2.03. The van der Waals surface area contributed by atoms with Crippen molar-refractivity contribution in [2.75, 3.05) is 0 Å². The van der Waals surface area contributed by atoms with Gasteiger partial charge in [0.1, 0.15) is 0 Å². The summed E-state index contributed by atoms with van der Waals surface area (Å²) >= 11 is 12.0. The number of hydrogen-bond acceptors (Lipinski definition) is 1. The van der Waals surface area contributed by atoms with Crippen LogP contribution in [0, 0.1) is 6.92 Å². The van der Waals surface area contributed by atoms with E-state index in [1.54, 1.807) is 12.1 Å². The van der Waals surface area contributed by atoms with Gasteiger partial charge in [-0.1, -0.05) is 41.4 Å².